The van der Waals surface area contributed by atoms with E-state index in [0.29, 0.717) is 0 Å². The number of ether oxygens (including phenoxy) is 1. The Hall–Kier alpha value is -2.10. The molecule has 2 aliphatic rings. The van der Waals surface area contributed by atoms with E-state index >= 15 is 0 Å². The highest BCUT2D eigenvalue weighted by Crippen LogP contribution is 2.28. The molecule has 0 saturated carbocycles. The number of aryl methyl sites for hydroxylation is 1. The molecule has 0 atom stereocenters. The molecule has 0 spiro atoms. The van der Waals surface area contributed by atoms with E-state index in [1.54, 1.807) is 7.11 Å². The first-order valence-electron chi connectivity index (χ1n) is 6.00. The van der Waals surface area contributed by atoms with Gasteiger partial charge in [0.15, 0.2) is 0 Å². The fourth-order valence-corrected chi connectivity index (χ4v) is 2.33. The number of benzene rings is 1. The molecule has 1 aromatic carbocycles. The van der Waals surface area contributed by atoms with E-state index in [4.69, 9.17) is 4.74 Å². The maximum atomic E-state index is 5.24. The van der Waals surface area contributed by atoms with Crippen LogP contribution < -0.4 is 4.74 Å². The third-order valence-electron chi connectivity index (χ3n) is 3.26. The van der Waals surface area contributed by atoms with Crippen molar-refractivity contribution in [3.63, 3.8) is 0 Å². The van der Waals surface area contributed by atoms with E-state index < -0.39 is 0 Å². The average Bonchev–Trinajstić information content (AvgIpc) is 2.87. The van der Waals surface area contributed by atoms with Gasteiger partial charge in [0, 0.05) is 12.1 Å². The summed E-state index contributed by atoms with van der Waals surface area (Å²) >= 11 is 0. The van der Waals surface area contributed by atoms with Crippen LogP contribution >= 0.6 is 0 Å². The van der Waals surface area contributed by atoms with Crippen LogP contribution in [0.1, 0.15) is 11.1 Å². The molecule has 0 radical (unpaired) electrons. The Labute approximate surface area is 106 Å². The van der Waals surface area contributed by atoms with E-state index in [-0.39, 0.29) is 0 Å². The van der Waals surface area contributed by atoms with Gasteiger partial charge in [-0.15, -0.1) is 0 Å². The summed E-state index contributed by atoms with van der Waals surface area (Å²) in [6.45, 7) is 3.86. The van der Waals surface area contributed by atoms with Crippen molar-refractivity contribution in [1.82, 2.24) is 4.90 Å². The normalized spacial score (nSPS) is 17.3. The zero-order valence-electron chi connectivity index (χ0n) is 10.6. The monoisotopic (exact) mass is 241 g/mol. The molecule has 2 heterocycles. The van der Waals surface area contributed by atoms with Crippen molar-refractivity contribution in [3.05, 3.63) is 35.5 Å². The van der Waals surface area contributed by atoms with Crippen LogP contribution in [0.3, 0.4) is 0 Å². The fraction of sp³-hybridized carbons (Fsp3) is 0.286. The minimum Gasteiger partial charge on any atom is -0.497 e. The van der Waals surface area contributed by atoms with E-state index in [9.17, 15) is 0 Å². The maximum absolute atomic E-state index is 5.24. The second-order valence-corrected chi connectivity index (χ2v) is 4.36. The average molecular weight is 241 g/mol. The molecule has 4 nitrogen and oxygen atoms in total. The lowest BCUT2D eigenvalue weighted by Gasteiger charge is -2.25. The highest BCUT2D eigenvalue weighted by atomic mass is 16.5. The van der Waals surface area contributed by atoms with Gasteiger partial charge >= 0.3 is 0 Å². The molecule has 0 aromatic heterocycles. The van der Waals surface area contributed by atoms with E-state index in [1.165, 1.54) is 11.1 Å². The number of hydrogen-bond acceptors (Lipinski definition) is 4. The van der Waals surface area contributed by atoms with Crippen molar-refractivity contribution in [2.75, 3.05) is 20.2 Å². The molecular formula is C14H15N3O. The van der Waals surface area contributed by atoms with Crippen molar-refractivity contribution in [2.45, 2.75) is 6.92 Å². The number of hydrogen-bond donors (Lipinski definition) is 0. The number of aliphatic imine (C=N–C) groups is 2. The number of nitrogens with zero attached hydrogens (tertiary/aromatic N) is 3. The van der Waals surface area contributed by atoms with Crippen LogP contribution in [0.25, 0.3) is 5.70 Å². The minimum absolute atomic E-state index is 0.841. The quantitative estimate of drug-likeness (QED) is 0.795. The fourth-order valence-electron chi connectivity index (χ4n) is 2.33. The lowest BCUT2D eigenvalue weighted by molar-refractivity contribution is 0.414. The summed E-state index contributed by atoms with van der Waals surface area (Å²) in [5.41, 5.74) is 3.49. The molecule has 0 amide bonds. The van der Waals surface area contributed by atoms with Gasteiger partial charge in [-0.25, -0.2) is 0 Å². The molecule has 0 fully saturated rings. The van der Waals surface area contributed by atoms with Crippen molar-refractivity contribution < 1.29 is 4.74 Å². The standard InChI is InChI=1S/C14H15N3O/c1-10-7-11(18-2)3-4-12(10)13-8-15-9-14-16-5-6-17(13)14/h3-4,7-9H,5-6H2,1-2H3. The van der Waals surface area contributed by atoms with Gasteiger partial charge < -0.3 is 9.64 Å². The Bertz CT molecular complexity index is 572. The second-order valence-electron chi connectivity index (χ2n) is 4.36. The molecule has 3 rings (SSSR count). The Kier molecular flexibility index (Phi) is 2.63. The van der Waals surface area contributed by atoms with Crippen LogP contribution in [0, 0.1) is 6.92 Å². The van der Waals surface area contributed by atoms with Gasteiger partial charge in [0.1, 0.15) is 11.6 Å². The zero-order valence-corrected chi connectivity index (χ0v) is 10.6. The van der Waals surface area contributed by atoms with Gasteiger partial charge in [0.05, 0.1) is 31.8 Å². The molecule has 4 heteroatoms. The Morgan fingerprint density at radius 3 is 3.00 bits per heavy atom. The number of rotatable bonds is 2. The van der Waals surface area contributed by atoms with Crippen LogP contribution in [-0.2, 0) is 0 Å². The smallest absolute Gasteiger partial charge is 0.146 e. The van der Waals surface area contributed by atoms with Crippen LogP contribution in [0.5, 0.6) is 5.75 Å². The van der Waals surface area contributed by atoms with E-state index in [1.807, 2.05) is 24.5 Å². The summed E-state index contributed by atoms with van der Waals surface area (Å²) < 4.78 is 5.24. The van der Waals surface area contributed by atoms with Crippen LogP contribution in [0.4, 0.5) is 0 Å². The van der Waals surface area contributed by atoms with Crippen molar-refractivity contribution >= 4 is 17.7 Å². The van der Waals surface area contributed by atoms with Crippen molar-refractivity contribution in [3.8, 4) is 5.75 Å². The molecule has 0 aliphatic carbocycles. The Morgan fingerprint density at radius 1 is 1.33 bits per heavy atom. The molecule has 0 saturated heterocycles. The Morgan fingerprint density at radius 2 is 2.22 bits per heavy atom. The Balaban J connectivity index is 2.02. The first-order chi connectivity index (χ1) is 8.79. The molecule has 0 N–H and O–H groups in total. The van der Waals surface area contributed by atoms with Gasteiger partial charge in [-0.2, -0.15) is 0 Å². The van der Waals surface area contributed by atoms with Gasteiger partial charge in [0.2, 0.25) is 0 Å². The van der Waals surface area contributed by atoms with Crippen LogP contribution in [0.2, 0.25) is 0 Å². The van der Waals surface area contributed by atoms with Gasteiger partial charge in [-0.1, -0.05) is 0 Å². The van der Waals surface area contributed by atoms with Crippen LogP contribution in [-0.4, -0.2) is 37.1 Å². The second kappa shape index (κ2) is 4.29. The third-order valence-corrected chi connectivity index (χ3v) is 3.26. The summed E-state index contributed by atoms with van der Waals surface area (Å²) in [7, 11) is 1.68. The molecule has 0 bridgehead atoms. The summed E-state index contributed by atoms with van der Waals surface area (Å²) in [6, 6.07) is 6.10. The molecule has 2 aliphatic heterocycles. The lowest BCUT2D eigenvalue weighted by atomic mass is 10.0. The molecule has 0 unspecified atom stereocenters. The lowest BCUT2D eigenvalue weighted by Crippen LogP contribution is -2.29. The molecule has 92 valence electrons. The SMILES string of the molecule is COc1ccc(C2=CN=CC3=NCCN23)c(C)c1. The largest absolute Gasteiger partial charge is 0.497 e. The summed E-state index contributed by atoms with van der Waals surface area (Å²) in [5, 5.41) is 0. The number of fused-ring (bicyclic) bond motifs is 1. The van der Waals surface area contributed by atoms with Gasteiger partial charge in [-0.05, 0) is 30.7 Å². The van der Waals surface area contributed by atoms with Gasteiger partial charge in [0.25, 0.3) is 0 Å². The maximum Gasteiger partial charge on any atom is 0.146 e. The predicted molar refractivity (Wildman–Crippen MR) is 73.2 cm³/mol. The molecule has 18 heavy (non-hydrogen) atoms. The summed E-state index contributed by atoms with van der Waals surface area (Å²) in [5.74, 6) is 1.84. The van der Waals surface area contributed by atoms with Crippen LogP contribution in [0.15, 0.2) is 34.4 Å². The van der Waals surface area contributed by atoms with Crippen molar-refractivity contribution in [2.24, 2.45) is 9.98 Å². The molecule has 1 aromatic rings. The summed E-state index contributed by atoms with van der Waals surface area (Å²) in [4.78, 5) is 10.9. The predicted octanol–water partition coefficient (Wildman–Crippen LogP) is 2.10. The topological polar surface area (TPSA) is 37.2 Å². The summed E-state index contributed by atoms with van der Waals surface area (Å²) in [6.07, 6.45) is 3.72. The number of amidine groups is 1. The molecular weight excluding hydrogens is 226 g/mol. The first kappa shape index (κ1) is 11.0. The highest BCUT2D eigenvalue weighted by Gasteiger charge is 2.23. The third kappa shape index (κ3) is 1.70. The van der Waals surface area contributed by atoms with Gasteiger partial charge in [-0.3, -0.25) is 9.98 Å². The van der Waals surface area contributed by atoms with E-state index in [2.05, 4.69) is 27.9 Å². The minimum atomic E-state index is 0.841. The first-order valence-corrected chi connectivity index (χ1v) is 6.00. The zero-order chi connectivity index (χ0) is 12.5. The number of methoxy groups -OCH3 is 1. The van der Waals surface area contributed by atoms with Crippen molar-refractivity contribution in [1.29, 1.82) is 0 Å². The van der Waals surface area contributed by atoms with E-state index in [0.717, 1.165) is 30.4 Å². The highest BCUT2D eigenvalue weighted by molar-refractivity contribution is 6.32.